The molecule has 0 bridgehead atoms. The van der Waals surface area contributed by atoms with Gasteiger partial charge in [0, 0.05) is 11.6 Å². The fourth-order valence-corrected chi connectivity index (χ4v) is 2.52. The van der Waals surface area contributed by atoms with Gasteiger partial charge in [-0.2, -0.15) is 0 Å². The Labute approximate surface area is 128 Å². The molecule has 2 aromatic carbocycles. The molecule has 0 aromatic heterocycles. The van der Waals surface area contributed by atoms with E-state index < -0.39 is 6.10 Å². The lowest BCUT2D eigenvalue weighted by Crippen LogP contribution is -2.02. The summed E-state index contributed by atoms with van der Waals surface area (Å²) in [6, 6.07) is 11.0. The van der Waals surface area contributed by atoms with Crippen molar-refractivity contribution in [2.45, 2.75) is 20.0 Å². The summed E-state index contributed by atoms with van der Waals surface area (Å²) in [4.78, 5) is 0. The third-order valence-corrected chi connectivity index (χ3v) is 3.63. The van der Waals surface area contributed by atoms with Gasteiger partial charge in [-0.25, -0.2) is 0 Å². The molecule has 1 N–H and O–H groups in total. The highest BCUT2D eigenvalue weighted by molar-refractivity contribution is 6.34. The van der Waals surface area contributed by atoms with Gasteiger partial charge in [0.2, 0.25) is 0 Å². The summed E-state index contributed by atoms with van der Waals surface area (Å²) in [5.74, 6) is 0.527. The lowest BCUT2D eigenvalue weighted by Gasteiger charge is -2.16. The quantitative estimate of drug-likeness (QED) is 0.880. The number of rotatable bonds is 4. The normalized spacial score (nSPS) is 12.2. The van der Waals surface area contributed by atoms with E-state index in [4.69, 9.17) is 27.9 Å². The molecule has 0 heterocycles. The SMILES string of the molecule is CCOc1cc(Cl)c(C(O)c2cccc(C)c2)cc1Cl. The van der Waals surface area contributed by atoms with Crippen molar-refractivity contribution in [3.63, 3.8) is 0 Å². The Morgan fingerprint density at radius 1 is 1.15 bits per heavy atom. The van der Waals surface area contributed by atoms with Crippen LogP contribution >= 0.6 is 23.2 Å². The minimum Gasteiger partial charge on any atom is -0.492 e. The van der Waals surface area contributed by atoms with Gasteiger partial charge in [0.1, 0.15) is 11.9 Å². The number of aliphatic hydroxyl groups is 1. The van der Waals surface area contributed by atoms with Crippen molar-refractivity contribution in [2.24, 2.45) is 0 Å². The molecule has 0 amide bonds. The van der Waals surface area contributed by atoms with Crippen LogP contribution in [0.25, 0.3) is 0 Å². The van der Waals surface area contributed by atoms with Crippen LogP contribution in [0.2, 0.25) is 10.0 Å². The van der Waals surface area contributed by atoms with E-state index in [0.29, 0.717) is 28.0 Å². The average Bonchev–Trinajstić information content (AvgIpc) is 2.42. The first-order valence-corrected chi connectivity index (χ1v) is 7.15. The van der Waals surface area contributed by atoms with E-state index in [1.807, 2.05) is 38.1 Å². The number of hydrogen-bond acceptors (Lipinski definition) is 2. The second kappa shape index (κ2) is 6.49. The van der Waals surface area contributed by atoms with Crippen molar-refractivity contribution in [1.29, 1.82) is 0 Å². The molecular formula is C16H16Cl2O2. The number of aliphatic hydroxyl groups excluding tert-OH is 1. The summed E-state index contributed by atoms with van der Waals surface area (Å²) in [5, 5.41) is 11.3. The van der Waals surface area contributed by atoms with Gasteiger partial charge in [0.05, 0.1) is 16.7 Å². The number of aryl methyl sites for hydroxylation is 1. The van der Waals surface area contributed by atoms with Crippen LogP contribution in [0.1, 0.15) is 29.7 Å². The Kier molecular flexibility index (Phi) is 4.92. The number of ether oxygens (including phenoxy) is 1. The summed E-state index contributed by atoms with van der Waals surface area (Å²) in [7, 11) is 0. The van der Waals surface area contributed by atoms with Crippen molar-refractivity contribution in [3.8, 4) is 5.75 Å². The fourth-order valence-electron chi connectivity index (χ4n) is 2.04. The van der Waals surface area contributed by atoms with Crippen LogP contribution in [-0.4, -0.2) is 11.7 Å². The summed E-state index contributed by atoms with van der Waals surface area (Å²) in [5.41, 5.74) is 2.44. The number of benzene rings is 2. The lowest BCUT2D eigenvalue weighted by atomic mass is 10.00. The molecule has 1 unspecified atom stereocenters. The smallest absolute Gasteiger partial charge is 0.139 e. The molecule has 1 atom stereocenters. The molecule has 2 nitrogen and oxygen atoms in total. The molecule has 20 heavy (non-hydrogen) atoms. The van der Waals surface area contributed by atoms with Crippen LogP contribution in [0.3, 0.4) is 0 Å². The first-order chi connectivity index (χ1) is 9.52. The van der Waals surface area contributed by atoms with Crippen molar-refractivity contribution < 1.29 is 9.84 Å². The zero-order chi connectivity index (χ0) is 14.7. The molecule has 0 saturated carbocycles. The van der Waals surface area contributed by atoms with E-state index in [1.54, 1.807) is 12.1 Å². The van der Waals surface area contributed by atoms with Crippen LogP contribution in [0.4, 0.5) is 0 Å². The minimum atomic E-state index is -0.810. The van der Waals surface area contributed by atoms with Gasteiger partial charge in [0.25, 0.3) is 0 Å². The van der Waals surface area contributed by atoms with Crippen LogP contribution in [0.5, 0.6) is 5.75 Å². The van der Waals surface area contributed by atoms with Crippen molar-refractivity contribution in [1.82, 2.24) is 0 Å². The van der Waals surface area contributed by atoms with Gasteiger partial charge >= 0.3 is 0 Å². The van der Waals surface area contributed by atoms with Crippen LogP contribution < -0.4 is 4.74 Å². The third-order valence-electron chi connectivity index (χ3n) is 3.00. The predicted molar refractivity (Wildman–Crippen MR) is 82.9 cm³/mol. The van der Waals surface area contributed by atoms with Gasteiger partial charge in [-0.05, 0) is 25.5 Å². The van der Waals surface area contributed by atoms with Crippen molar-refractivity contribution in [3.05, 3.63) is 63.1 Å². The van der Waals surface area contributed by atoms with Crippen LogP contribution in [-0.2, 0) is 0 Å². The van der Waals surface area contributed by atoms with E-state index in [-0.39, 0.29) is 0 Å². The van der Waals surface area contributed by atoms with Crippen molar-refractivity contribution in [2.75, 3.05) is 6.61 Å². The van der Waals surface area contributed by atoms with E-state index >= 15 is 0 Å². The molecule has 2 aromatic rings. The summed E-state index contributed by atoms with van der Waals surface area (Å²) < 4.78 is 5.38. The molecular weight excluding hydrogens is 295 g/mol. The van der Waals surface area contributed by atoms with Gasteiger partial charge in [-0.1, -0.05) is 53.0 Å². The highest BCUT2D eigenvalue weighted by atomic mass is 35.5. The molecule has 0 aliphatic rings. The minimum absolute atomic E-state index is 0.437. The molecule has 0 spiro atoms. The van der Waals surface area contributed by atoms with Crippen molar-refractivity contribution >= 4 is 23.2 Å². The van der Waals surface area contributed by atoms with Gasteiger partial charge in [-0.15, -0.1) is 0 Å². The Balaban J connectivity index is 2.40. The van der Waals surface area contributed by atoms with Gasteiger partial charge in [0.15, 0.2) is 0 Å². The highest BCUT2D eigenvalue weighted by Gasteiger charge is 2.17. The molecule has 0 aliphatic carbocycles. The van der Waals surface area contributed by atoms with Gasteiger partial charge < -0.3 is 9.84 Å². The van der Waals surface area contributed by atoms with E-state index in [0.717, 1.165) is 11.1 Å². The standard InChI is InChI=1S/C16H16Cl2O2/c1-3-20-15-9-13(17)12(8-14(15)18)16(19)11-6-4-5-10(2)7-11/h4-9,16,19H,3H2,1-2H3. The lowest BCUT2D eigenvalue weighted by molar-refractivity contribution is 0.220. The molecule has 4 heteroatoms. The molecule has 0 aliphatic heterocycles. The molecule has 0 saturated heterocycles. The average molecular weight is 311 g/mol. The fraction of sp³-hybridized carbons (Fsp3) is 0.250. The summed E-state index contributed by atoms with van der Waals surface area (Å²) in [6.45, 7) is 4.36. The highest BCUT2D eigenvalue weighted by Crippen LogP contribution is 2.36. The molecule has 2 rings (SSSR count). The third kappa shape index (κ3) is 3.26. The molecule has 0 radical (unpaired) electrons. The van der Waals surface area contributed by atoms with Crippen LogP contribution in [0.15, 0.2) is 36.4 Å². The Morgan fingerprint density at radius 3 is 2.55 bits per heavy atom. The Bertz CT molecular complexity index is 611. The maximum Gasteiger partial charge on any atom is 0.139 e. The molecule has 0 fully saturated rings. The van der Waals surface area contributed by atoms with E-state index in [1.165, 1.54) is 0 Å². The maximum atomic E-state index is 10.5. The summed E-state index contributed by atoms with van der Waals surface area (Å²) in [6.07, 6.45) is -0.810. The number of hydrogen-bond donors (Lipinski definition) is 1. The topological polar surface area (TPSA) is 29.5 Å². The zero-order valence-electron chi connectivity index (χ0n) is 11.4. The first kappa shape index (κ1) is 15.2. The van der Waals surface area contributed by atoms with Gasteiger partial charge in [-0.3, -0.25) is 0 Å². The van der Waals surface area contributed by atoms with E-state index in [2.05, 4.69) is 0 Å². The first-order valence-electron chi connectivity index (χ1n) is 6.39. The Hall–Kier alpha value is -1.22. The largest absolute Gasteiger partial charge is 0.492 e. The zero-order valence-corrected chi connectivity index (χ0v) is 12.9. The monoisotopic (exact) mass is 310 g/mol. The van der Waals surface area contributed by atoms with E-state index in [9.17, 15) is 5.11 Å². The maximum absolute atomic E-state index is 10.5. The number of halogens is 2. The Morgan fingerprint density at radius 2 is 1.90 bits per heavy atom. The van der Waals surface area contributed by atoms with Crippen LogP contribution in [0, 0.1) is 6.92 Å². The predicted octanol–water partition coefficient (Wildman–Crippen LogP) is 4.78. The summed E-state index contributed by atoms with van der Waals surface area (Å²) >= 11 is 12.4. The second-order valence-electron chi connectivity index (χ2n) is 4.55. The second-order valence-corrected chi connectivity index (χ2v) is 5.37. The molecule has 106 valence electrons.